The van der Waals surface area contributed by atoms with E-state index in [9.17, 15) is 14.9 Å². The molecule has 0 aromatic heterocycles. The van der Waals surface area contributed by atoms with Crippen LogP contribution >= 0.6 is 0 Å². The summed E-state index contributed by atoms with van der Waals surface area (Å²) in [6.45, 7) is 2.76. The quantitative estimate of drug-likeness (QED) is 0.245. The van der Waals surface area contributed by atoms with Crippen molar-refractivity contribution in [3.63, 3.8) is 0 Å². The third-order valence-corrected chi connectivity index (χ3v) is 4.27. The van der Waals surface area contributed by atoms with Crippen LogP contribution in [0.1, 0.15) is 31.7 Å². The van der Waals surface area contributed by atoms with Crippen LogP contribution in [0, 0.1) is 10.1 Å². The number of nitrogens with zero attached hydrogens (tertiary/aromatic N) is 1. The van der Waals surface area contributed by atoms with Crippen LogP contribution in [0.3, 0.4) is 0 Å². The predicted molar refractivity (Wildman–Crippen MR) is 115 cm³/mol. The highest BCUT2D eigenvalue weighted by Gasteiger charge is 2.12. The molecule has 0 aliphatic carbocycles. The lowest BCUT2D eigenvalue weighted by Crippen LogP contribution is -2.09. The summed E-state index contributed by atoms with van der Waals surface area (Å²) >= 11 is 0. The Morgan fingerprint density at radius 3 is 2.50 bits per heavy atom. The number of carbonyl (C=O) groups is 1. The third-order valence-electron chi connectivity index (χ3n) is 4.27. The van der Waals surface area contributed by atoms with Gasteiger partial charge in [0.2, 0.25) is 5.91 Å². The highest BCUT2D eigenvalue weighted by atomic mass is 16.6. The summed E-state index contributed by atoms with van der Waals surface area (Å²) < 4.78 is 16.2. The Kier molecular flexibility index (Phi) is 8.68. The predicted octanol–water partition coefficient (Wildman–Crippen LogP) is 4.83. The fourth-order valence-corrected chi connectivity index (χ4v) is 2.68. The molecule has 0 radical (unpaired) electrons. The zero-order valence-electron chi connectivity index (χ0n) is 17.3. The van der Waals surface area contributed by atoms with Gasteiger partial charge in [-0.1, -0.05) is 25.8 Å². The normalized spacial score (nSPS) is 10.6. The van der Waals surface area contributed by atoms with Gasteiger partial charge in [0.25, 0.3) is 5.69 Å². The molecule has 30 heavy (non-hydrogen) atoms. The molecule has 0 atom stereocenters. The van der Waals surface area contributed by atoms with Crippen molar-refractivity contribution in [1.29, 1.82) is 0 Å². The van der Waals surface area contributed by atoms with E-state index in [1.165, 1.54) is 31.4 Å². The van der Waals surface area contributed by atoms with Crippen LogP contribution in [0.2, 0.25) is 0 Å². The molecule has 2 aromatic rings. The van der Waals surface area contributed by atoms with Crippen LogP contribution < -0.4 is 19.5 Å². The van der Waals surface area contributed by atoms with Crippen molar-refractivity contribution in [2.24, 2.45) is 0 Å². The molecule has 160 valence electrons. The average Bonchev–Trinajstić information content (AvgIpc) is 2.75. The van der Waals surface area contributed by atoms with Crippen LogP contribution in [-0.2, 0) is 4.79 Å². The van der Waals surface area contributed by atoms with Crippen molar-refractivity contribution in [2.45, 2.75) is 26.2 Å². The molecule has 0 bridgehead atoms. The standard InChI is InChI=1S/C22H26N2O6/c1-4-5-6-13-30-19-11-7-16(14-21(19)29-3)8-12-22(25)23-18-10-9-17(24(26)27)15-20(18)28-2/h7-12,14-15H,4-6,13H2,1-3H3,(H,23,25)/b12-8+. The number of hydrogen-bond donors (Lipinski definition) is 1. The van der Waals surface area contributed by atoms with Crippen LogP contribution in [-0.4, -0.2) is 31.7 Å². The molecule has 2 aromatic carbocycles. The zero-order valence-corrected chi connectivity index (χ0v) is 17.3. The first-order valence-corrected chi connectivity index (χ1v) is 9.60. The number of benzene rings is 2. The minimum atomic E-state index is -0.529. The van der Waals surface area contributed by atoms with E-state index in [1.54, 1.807) is 19.3 Å². The van der Waals surface area contributed by atoms with E-state index < -0.39 is 10.8 Å². The molecule has 0 heterocycles. The fraction of sp³-hybridized carbons (Fsp3) is 0.318. The van der Waals surface area contributed by atoms with E-state index in [1.807, 2.05) is 12.1 Å². The molecule has 0 aliphatic heterocycles. The molecule has 0 spiro atoms. The molecule has 0 fully saturated rings. The Bertz CT molecular complexity index is 910. The number of non-ortho nitro benzene ring substituents is 1. The van der Waals surface area contributed by atoms with Gasteiger partial charge in [-0.2, -0.15) is 0 Å². The highest BCUT2D eigenvalue weighted by Crippen LogP contribution is 2.30. The van der Waals surface area contributed by atoms with E-state index in [0.29, 0.717) is 23.8 Å². The Hall–Kier alpha value is -3.55. The zero-order chi connectivity index (χ0) is 21.9. The SMILES string of the molecule is CCCCCOc1ccc(/C=C/C(=O)Nc2ccc([N+](=O)[O-])cc2OC)cc1OC. The second-order valence-corrected chi connectivity index (χ2v) is 6.43. The number of carbonyl (C=O) groups excluding carboxylic acids is 1. The number of amides is 1. The van der Waals surface area contributed by atoms with Gasteiger partial charge in [-0.15, -0.1) is 0 Å². The van der Waals surface area contributed by atoms with Crippen LogP contribution in [0.15, 0.2) is 42.5 Å². The van der Waals surface area contributed by atoms with Gasteiger partial charge in [-0.05, 0) is 36.3 Å². The second-order valence-electron chi connectivity index (χ2n) is 6.43. The van der Waals surface area contributed by atoms with E-state index in [-0.39, 0.29) is 11.4 Å². The van der Waals surface area contributed by atoms with Gasteiger partial charge >= 0.3 is 0 Å². The maximum atomic E-state index is 12.3. The maximum absolute atomic E-state index is 12.3. The number of nitro benzene ring substituents is 1. The molecular weight excluding hydrogens is 388 g/mol. The maximum Gasteiger partial charge on any atom is 0.273 e. The van der Waals surface area contributed by atoms with Crippen molar-refractivity contribution in [3.05, 3.63) is 58.2 Å². The lowest BCUT2D eigenvalue weighted by molar-refractivity contribution is -0.384. The van der Waals surface area contributed by atoms with E-state index in [4.69, 9.17) is 14.2 Å². The molecule has 8 nitrogen and oxygen atoms in total. The number of anilines is 1. The van der Waals surface area contributed by atoms with E-state index in [0.717, 1.165) is 24.8 Å². The number of ether oxygens (including phenoxy) is 3. The number of methoxy groups -OCH3 is 2. The number of hydrogen-bond acceptors (Lipinski definition) is 6. The molecule has 0 saturated heterocycles. The monoisotopic (exact) mass is 414 g/mol. The van der Waals surface area contributed by atoms with Gasteiger partial charge in [0, 0.05) is 12.1 Å². The smallest absolute Gasteiger partial charge is 0.273 e. The van der Waals surface area contributed by atoms with Crippen molar-refractivity contribution in [3.8, 4) is 17.2 Å². The lowest BCUT2D eigenvalue weighted by atomic mass is 10.2. The molecule has 8 heteroatoms. The highest BCUT2D eigenvalue weighted by molar-refractivity contribution is 6.02. The first-order chi connectivity index (χ1) is 14.5. The average molecular weight is 414 g/mol. The summed E-state index contributed by atoms with van der Waals surface area (Å²) in [7, 11) is 2.94. The number of nitro groups is 1. The molecule has 2 rings (SSSR count). The Balaban J connectivity index is 2.04. The summed E-state index contributed by atoms with van der Waals surface area (Å²) in [4.78, 5) is 22.6. The van der Waals surface area contributed by atoms with Gasteiger partial charge in [-0.25, -0.2) is 0 Å². The van der Waals surface area contributed by atoms with Crippen molar-refractivity contribution >= 4 is 23.4 Å². The topological polar surface area (TPSA) is 99.9 Å². The second kappa shape index (κ2) is 11.5. The van der Waals surface area contributed by atoms with Gasteiger partial charge < -0.3 is 19.5 Å². The van der Waals surface area contributed by atoms with Crippen molar-refractivity contribution in [2.75, 3.05) is 26.1 Å². The summed E-state index contributed by atoms with van der Waals surface area (Å²) in [5.74, 6) is 1.05. The minimum absolute atomic E-state index is 0.121. The Morgan fingerprint density at radius 1 is 1.07 bits per heavy atom. The number of nitrogens with one attached hydrogen (secondary N) is 1. The molecule has 1 N–H and O–H groups in total. The summed E-state index contributed by atoms with van der Waals surface area (Å²) in [6.07, 6.45) is 6.21. The van der Waals surface area contributed by atoms with Crippen LogP contribution in [0.4, 0.5) is 11.4 Å². The van der Waals surface area contributed by atoms with Gasteiger partial charge in [-0.3, -0.25) is 14.9 Å². The number of unbranched alkanes of at least 4 members (excludes halogenated alkanes) is 2. The molecule has 0 aliphatic rings. The largest absolute Gasteiger partial charge is 0.494 e. The molecule has 0 unspecified atom stereocenters. The van der Waals surface area contributed by atoms with Crippen LogP contribution in [0.5, 0.6) is 17.2 Å². The minimum Gasteiger partial charge on any atom is -0.494 e. The summed E-state index contributed by atoms with van der Waals surface area (Å²) in [6, 6.07) is 9.40. The lowest BCUT2D eigenvalue weighted by Gasteiger charge is -2.11. The molecule has 0 saturated carbocycles. The summed E-state index contributed by atoms with van der Waals surface area (Å²) in [5, 5.41) is 13.5. The van der Waals surface area contributed by atoms with Crippen molar-refractivity contribution in [1.82, 2.24) is 0 Å². The first kappa shape index (κ1) is 22.7. The van der Waals surface area contributed by atoms with Crippen molar-refractivity contribution < 1.29 is 23.9 Å². The fourth-order valence-electron chi connectivity index (χ4n) is 2.68. The first-order valence-electron chi connectivity index (χ1n) is 9.60. The van der Waals surface area contributed by atoms with Gasteiger partial charge in [0.1, 0.15) is 5.75 Å². The Morgan fingerprint density at radius 2 is 1.83 bits per heavy atom. The van der Waals surface area contributed by atoms with Gasteiger partial charge in [0.05, 0.1) is 37.5 Å². The van der Waals surface area contributed by atoms with Gasteiger partial charge in [0.15, 0.2) is 11.5 Å². The number of rotatable bonds is 11. The molecule has 1 amide bonds. The van der Waals surface area contributed by atoms with E-state index in [2.05, 4.69) is 12.2 Å². The Labute approximate surface area is 175 Å². The molecular formula is C22H26N2O6. The van der Waals surface area contributed by atoms with Crippen LogP contribution in [0.25, 0.3) is 6.08 Å². The van der Waals surface area contributed by atoms with E-state index >= 15 is 0 Å². The summed E-state index contributed by atoms with van der Waals surface area (Å²) in [5.41, 5.74) is 0.981. The third kappa shape index (κ3) is 6.51.